The van der Waals surface area contributed by atoms with Gasteiger partial charge in [0, 0.05) is 17.3 Å². The summed E-state index contributed by atoms with van der Waals surface area (Å²) in [5.74, 6) is -0.182. The lowest BCUT2D eigenvalue weighted by Crippen LogP contribution is -2.14. The number of hydrogen-bond donors (Lipinski definition) is 1. The second-order valence-electron chi connectivity index (χ2n) is 6.81. The molecule has 1 aliphatic carbocycles. The molecule has 2 aromatic heterocycles. The smallest absolute Gasteiger partial charge is 0.228 e. The van der Waals surface area contributed by atoms with E-state index >= 15 is 0 Å². The molecule has 2 atom stereocenters. The van der Waals surface area contributed by atoms with Crippen molar-refractivity contribution in [2.24, 2.45) is 5.92 Å². The monoisotopic (exact) mass is 338 g/mol. The van der Waals surface area contributed by atoms with Crippen LogP contribution in [0.4, 0.5) is 10.1 Å². The van der Waals surface area contributed by atoms with Crippen molar-refractivity contribution in [3.8, 4) is 0 Å². The molecule has 0 radical (unpaired) electrons. The van der Waals surface area contributed by atoms with E-state index in [1.54, 1.807) is 24.5 Å². The summed E-state index contributed by atoms with van der Waals surface area (Å²) in [6, 6.07) is 8.50. The van der Waals surface area contributed by atoms with Crippen molar-refractivity contribution in [3.05, 3.63) is 54.1 Å². The van der Waals surface area contributed by atoms with Crippen molar-refractivity contribution in [3.63, 3.8) is 0 Å². The number of carbonyl (C=O) groups is 1. The van der Waals surface area contributed by atoms with E-state index in [-0.39, 0.29) is 29.6 Å². The van der Waals surface area contributed by atoms with Gasteiger partial charge in [0.15, 0.2) is 5.65 Å². The predicted molar refractivity (Wildman–Crippen MR) is 93.8 cm³/mol. The number of carbonyl (C=O) groups excluding carboxylic acids is 1. The summed E-state index contributed by atoms with van der Waals surface area (Å²) in [4.78, 5) is 16.9. The first-order valence-electron chi connectivity index (χ1n) is 8.42. The van der Waals surface area contributed by atoms with Crippen LogP contribution in [0.3, 0.4) is 0 Å². The third-order valence-electron chi connectivity index (χ3n) is 4.62. The summed E-state index contributed by atoms with van der Waals surface area (Å²) in [5.41, 5.74) is 2.49. The number of aromatic nitrogens is 3. The predicted octanol–water partition coefficient (Wildman–Crippen LogP) is 3.89. The van der Waals surface area contributed by atoms with Crippen LogP contribution in [0.15, 0.2) is 42.7 Å². The molecule has 0 unspecified atom stereocenters. The molecule has 4 rings (SSSR count). The molecule has 2 heterocycles. The number of fused-ring (bicyclic) bond motifs is 1. The molecule has 1 saturated carbocycles. The number of nitrogens with one attached hydrogen (secondary N) is 1. The molecule has 5 nitrogen and oxygen atoms in total. The molecule has 25 heavy (non-hydrogen) atoms. The normalized spacial score (nSPS) is 19.4. The fourth-order valence-corrected chi connectivity index (χ4v) is 3.18. The fourth-order valence-electron chi connectivity index (χ4n) is 3.18. The minimum Gasteiger partial charge on any atom is -0.324 e. The lowest BCUT2D eigenvalue weighted by atomic mass is 10.1. The van der Waals surface area contributed by atoms with Gasteiger partial charge in [-0.2, -0.15) is 5.10 Å². The van der Waals surface area contributed by atoms with Crippen LogP contribution < -0.4 is 5.32 Å². The Morgan fingerprint density at radius 3 is 2.76 bits per heavy atom. The van der Waals surface area contributed by atoms with Crippen molar-refractivity contribution in [1.82, 2.24) is 14.8 Å². The van der Waals surface area contributed by atoms with Gasteiger partial charge in [0.1, 0.15) is 5.82 Å². The van der Waals surface area contributed by atoms with E-state index in [2.05, 4.69) is 15.4 Å². The van der Waals surface area contributed by atoms with Gasteiger partial charge in [-0.05, 0) is 49.9 Å². The number of halogens is 1. The minimum atomic E-state index is -0.258. The van der Waals surface area contributed by atoms with Crippen LogP contribution in [0.1, 0.15) is 37.8 Å². The Kier molecular flexibility index (Phi) is 3.75. The van der Waals surface area contributed by atoms with Crippen molar-refractivity contribution >= 4 is 22.6 Å². The van der Waals surface area contributed by atoms with E-state index in [9.17, 15) is 9.18 Å². The molecule has 1 aliphatic rings. The quantitative estimate of drug-likeness (QED) is 0.785. The first-order chi connectivity index (χ1) is 12.0. The number of nitrogens with zero attached hydrogens (tertiary/aromatic N) is 3. The van der Waals surface area contributed by atoms with Crippen LogP contribution in [0.2, 0.25) is 0 Å². The largest absolute Gasteiger partial charge is 0.324 e. The zero-order valence-corrected chi connectivity index (χ0v) is 14.1. The van der Waals surface area contributed by atoms with E-state index in [4.69, 9.17) is 0 Å². The Morgan fingerprint density at radius 2 is 2.04 bits per heavy atom. The van der Waals surface area contributed by atoms with Crippen molar-refractivity contribution in [2.75, 3.05) is 5.32 Å². The highest BCUT2D eigenvalue weighted by atomic mass is 19.1. The van der Waals surface area contributed by atoms with Gasteiger partial charge in [0.2, 0.25) is 5.91 Å². The topological polar surface area (TPSA) is 59.8 Å². The number of anilines is 1. The molecule has 0 saturated heterocycles. The Bertz CT molecular complexity index is 932. The lowest BCUT2D eigenvalue weighted by molar-refractivity contribution is -0.117. The second kappa shape index (κ2) is 5.95. The number of pyridine rings is 1. The van der Waals surface area contributed by atoms with Gasteiger partial charge in [-0.25, -0.2) is 14.1 Å². The van der Waals surface area contributed by atoms with E-state index in [0.29, 0.717) is 5.69 Å². The highest BCUT2D eigenvalue weighted by molar-refractivity contribution is 5.96. The fraction of sp³-hybridized carbons (Fsp3) is 0.316. The van der Waals surface area contributed by atoms with Gasteiger partial charge in [-0.3, -0.25) is 4.79 Å². The molecule has 1 aromatic carbocycles. The second-order valence-corrected chi connectivity index (χ2v) is 6.81. The van der Waals surface area contributed by atoms with Gasteiger partial charge in [0.05, 0.1) is 18.1 Å². The van der Waals surface area contributed by atoms with Crippen LogP contribution in [-0.4, -0.2) is 20.7 Å². The number of hydrogen-bond acceptors (Lipinski definition) is 3. The van der Waals surface area contributed by atoms with Crippen LogP contribution in [0.5, 0.6) is 0 Å². The molecular weight excluding hydrogens is 319 g/mol. The van der Waals surface area contributed by atoms with Crippen LogP contribution in [0.25, 0.3) is 11.0 Å². The van der Waals surface area contributed by atoms with Gasteiger partial charge in [0.25, 0.3) is 0 Å². The maximum absolute atomic E-state index is 13.0. The van der Waals surface area contributed by atoms with E-state index < -0.39 is 0 Å². The average molecular weight is 338 g/mol. The summed E-state index contributed by atoms with van der Waals surface area (Å²) in [6.45, 7) is 4.10. The van der Waals surface area contributed by atoms with Gasteiger partial charge in [-0.15, -0.1) is 0 Å². The molecule has 0 spiro atoms. The lowest BCUT2D eigenvalue weighted by Gasteiger charge is -2.07. The summed E-state index contributed by atoms with van der Waals surface area (Å²) >= 11 is 0. The summed E-state index contributed by atoms with van der Waals surface area (Å²) < 4.78 is 14.9. The Balaban J connectivity index is 1.46. The standard InChI is InChI=1S/C19H19FN4O/c1-11(2)24-18-13(9-22-24)7-15(10-21-18)23-19(25)17-8-16(17)12-3-5-14(20)6-4-12/h3-7,9-11,16-17H,8H2,1-2H3,(H,23,25)/t16-,17+/m0/s1. The Hall–Kier alpha value is -2.76. The van der Waals surface area contributed by atoms with Crippen LogP contribution in [0, 0.1) is 11.7 Å². The van der Waals surface area contributed by atoms with Crippen LogP contribution in [-0.2, 0) is 4.79 Å². The zero-order valence-electron chi connectivity index (χ0n) is 14.1. The molecule has 128 valence electrons. The molecule has 1 N–H and O–H groups in total. The van der Waals surface area contributed by atoms with Gasteiger partial charge < -0.3 is 5.32 Å². The maximum Gasteiger partial charge on any atom is 0.228 e. The number of benzene rings is 1. The van der Waals surface area contributed by atoms with Crippen molar-refractivity contribution < 1.29 is 9.18 Å². The molecular formula is C19H19FN4O. The third-order valence-corrected chi connectivity index (χ3v) is 4.62. The SMILES string of the molecule is CC(C)n1ncc2cc(NC(=O)[C@@H]3C[C@H]3c3ccc(F)cc3)cnc21. The molecule has 0 bridgehead atoms. The van der Waals surface area contributed by atoms with E-state index in [1.807, 2.05) is 24.6 Å². The van der Waals surface area contributed by atoms with Gasteiger partial charge >= 0.3 is 0 Å². The summed E-state index contributed by atoms with van der Waals surface area (Å²) in [7, 11) is 0. The molecule has 0 aliphatic heterocycles. The molecule has 1 fully saturated rings. The van der Waals surface area contributed by atoms with Crippen LogP contribution >= 0.6 is 0 Å². The summed E-state index contributed by atoms with van der Waals surface area (Å²) in [6.07, 6.45) is 4.21. The van der Waals surface area contributed by atoms with E-state index in [1.165, 1.54) is 12.1 Å². The molecule has 3 aromatic rings. The highest BCUT2D eigenvalue weighted by Crippen LogP contribution is 2.48. The molecule has 6 heteroatoms. The Labute approximate surface area is 144 Å². The Morgan fingerprint density at radius 1 is 1.28 bits per heavy atom. The number of rotatable bonds is 4. The first kappa shape index (κ1) is 15.7. The van der Waals surface area contributed by atoms with E-state index in [0.717, 1.165) is 23.0 Å². The maximum atomic E-state index is 13.0. The average Bonchev–Trinajstić information content (AvgIpc) is 3.27. The molecule has 1 amide bonds. The van der Waals surface area contributed by atoms with Gasteiger partial charge in [-0.1, -0.05) is 12.1 Å². The highest BCUT2D eigenvalue weighted by Gasteiger charge is 2.43. The summed E-state index contributed by atoms with van der Waals surface area (Å²) in [5, 5.41) is 8.17. The van der Waals surface area contributed by atoms with Crippen molar-refractivity contribution in [1.29, 1.82) is 0 Å². The first-order valence-corrected chi connectivity index (χ1v) is 8.42. The minimum absolute atomic E-state index is 0.0215. The van der Waals surface area contributed by atoms with Crippen molar-refractivity contribution in [2.45, 2.75) is 32.2 Å². The third kappa shape index (κ3) is 2.99. The number of amides is 1. The zero-order chi connectivity index (χ0) is 17.6.